The van der Waals surface area contributed by atoms with E-state index in [4.69, 9.17) is 8.83 Å². The number of nitrogens with one attached hydrogen (secondary N) is 1. The van der Waals surface area contributed by atoms with Gasteiger partial charge in [-0.15, -0.1) is 0 Å². The molecule has 108 valence electrons. The van der Waals surface area contributed by atoms with Gasteiger partial charge >= 0.3 is 0 Å². The highest BCUT2D eigenvalue weighted by atomic mass is 16.4. The number of hydrogen-bond donors (Lipinski definition) is 2. The molecular weight excluding hydrogens is 254 g/mol. The Morgan fingerprint density at radius 3 is 2.95 bits per heavy atom. The van der Waals surface area contributed by atoms with Gasteiger partial charge in [0.25, 0.3) is 0 Å². The van der Waals surface area contributed by atoms with Crippen molar-refractivity contribution in [3.8, 4) is 0 Å². The van der Waals surface area contributed by atoms with Crippen molar-refractivity contribution >= 4 is 0 Å². The van der Waals surface area contributed by atoms with E-state index in [1.165, 1.54) is 5.56 Å². The molecule has 2 heterocycles. The van der Waals surface area contributed by atoms with Gasteiger partial charge in [0.2, 0.25) is 0 Å². The minimum atomic E-state index is -0.620. The van der Waals surface area contributed by atoms with Crippen LogP contribution in [-0.2, 0) is 6.42 Å². The van der Waals surface area contributed by atoms with E-state index < -0.39 is 6.10 Å². The normalized spacial score (nSPS) is 22.4. The zero-order valence-corrected chi connectivity index (χ0v) is 11.9. The average molecular weight is 275 g/mol. The van der Waals surface area contributed by atoms with Crippen LogP contribution in [0.5, 0.6) is 0 Å². The average Bonchev–Trinajstić information content (AvgIpc) is 3.04. The van der Waals surface area contributed by atoms with E-state index in [-0.39, 0.29) is 11.5 Å². The number of hydrogen-bond acceptors (Lipinski definition) is 4. The maximum atomic E-state index is 10.1. The number of aliphatic hydroxyl groups excluding tert-OH is 1. The fourth-order valence-corrected chi connectivity index (χ4v) is 2.99. The van der Waals surface area contributed by atoms with Crippen LogP contribution in [0.1, 0.15) is 49.5 Å². The zero-order chi connectivity index (χ0) is 14.2. The molecule has 1 aliphatic rings. The summed E-state index contributed by atoms with van der Waals surface area (Å²) in [5.41, 5.74) is 1.42. The van der Waals surface area contributed by atoms with Crippen molar-refractivity contribution in [3.05, 3.63) is 47.8 Å². The fourth-order valence-electron chi connectivity index (χ4n) is 2.99. The van der Waals surface area contributed by atoms with Gasteiger partial charge in [-0.05, 0) is 30.0 Å². The second-order valence-electron chi connectivity index (χ2n) is 6.34. The van der Waals surface area contributed by atoms with Gasteiger partial charge in [-0.3, -0.25) is 0 Å². The largest absolute Gasteiger partial charge is 0.469 e. The first-order chi connectivity index (χ1) is 9.55. The van der Waals surface area contributed by atoms with Crippen LogP contribution in [0.15, 0.2) is 39.6 Å². The molecule has 2 N–H and O–H groups in total. The van der Waals surface area contributed by atoms with Crippen LogP contribution in [0.2, 0.25) is 0 Å². The molecule has 2 unspecified atom stereocenters. The van der Waals surface area contributed by atoms with E-state index in [0.717, 1.165) is 18.6 Å². The number of furan rings is 2. The van der Waals surface area contributed by atoms with Gasteiger partial charge in [0.05, 0.1) is 12.5 Å². The summed E-state index contributed by atoms with van der Waals surface area (Å²) in [6.45, 7) is 4.96. The second kappa shape index (κ2) is 5.11. The lowest BCUT2D eigenvalue weighted by Crippen LogP contribution is -2.34. The molecule has 0 aliphatic heterocycles. The number of rotatable bonds is 4. The van der Waals surface area contributed by atoms with Crippen LogP contribution >= 0.6 is 0 Å². The lowest BCUT2D eigenvalue weighted by molar-refractivity contribution is 0.135. The molecule has 1 aliphatic carbocycles. The molecule has 0 aromatic carbocycles. The van der Waals surface area contributed by atoms with Gasteiger partial charge in [0.15, 0.2) is 0 Å². The van der Waals surface area contributed by atoms with Crippen molar-refractivity contribution in [2.45, 2.75) is 38.8 Å². The minimum absolute atomic E-state index is 0.207. The fraction of sp³-hybridized carbons (Fsp3) is 0.500. The first-order valence-electron chi connectivity index (χ1n) is 7.06. The summed E-state index contributed by atoms with van der Waals surface area (Å²) >= 11 is 0. The molecule has 3 rings (SSSR count). The van der Waals surface area contributed by atoms with E-state index in [1.54, 1.807) is 24.7 Å². The molecule has 20 heavy (non-hydrogen) atoms. The highest BCUT2D eigenvalue weighted by Gasteiger charge is 2.34. The number of fused-ring (bicyclic) bond motifs is 1. The van der Waals surface area contributed by atoms with E-state index in [9.17, 15) is 5.11 Å². The highest BCUT2D eigenvalue weighted by molar-refractivity contribution is 5.26. The van der Waals surface area contributed by atoms with Crippen molar-refractivity contribution in [1.82, 2.24) is 5.32 Å². The second-order valence-corrected chi connectivity index (χ2v) is 6.34. The molecule has 2 aromatic rings. The summed E-state index contributed by atoms with van der Waals surface area (Å²) in [6, 6.07) is 5.83. The highest BCUT2D eigenvalue weighted by Crippen LogP contribution is 2.41. The van der Waals surface area contributed by atoms with Crippen molar-refractivity contribution in [3.63, 3.8) is 0 Å². The zero-order valence-electron chi connectivity index (χ0n) is 11.9. The summed E-state index contributed by atoms with van der Waals surface area (Å²) in [5.74, 6) is 1.66. The van der Waals surface area contributed by atoms with Gasteiger partial charge in [-0.1, -0.05) is 13.8 Å². The van der Waals surface area contributed by atoms with Crippen molar-refractivity contribution < 1.29 is 13.9 Å². The topological polar surface area (TPSA) is 58.5 Å². The first kappa shape index (κ1) is 13.5. The van der Waals surface area contributed by atoms with Gasteiger partial charge < -0.3 is 19.3 Å². The molecule has 4 heteroatoms. The van der Waals surface area contributed by atoms with Crippen LogP contribution in [0.3, 0.4) is 0 Å². The summed E-state index contributed by atoms with van der Waals surface area (Å²) in [5, 5.41) is 13.5. The molecule has 0 amide bonds. The van der Waals surface area contributed by atoms with Gasteiger partial charge in [0, 0.05) is 24.6 Å². The van der Waals surface area contributed by atoms with Crippen LogP contribution in [-0.4, -0.2) is 11.7 Å². The lowest BCUT2D eigenvalue weighted by Gasteiger charge is -2.35. The molecule has 4 nitrogen and oxygen atoms in total. The Labute approximate surface area is 118 Å². The van der Waals surface area contributed by atoms with E-state index in [0.29, 0.717) is 12.3 Å². The predicted molar refractivity (Wildman–Crippen MR) is 75.2 cm³/mol. The summed E-state index contributed by atoms with van der Waals surface area (Å²) in [7, 11) is 0. The van der Waals surface area contributed by atoms with Crippen molar-refractivity contribution in [2.24, 2.45) is 5.41 Å². The standard InChI is InChI=1S/C16H21NO3/c1-16(2)8-12(11-5-7-20-15(11)9-16)17-10-13(18)14-4-3-6-19-14/h3-7,12-13,17-18H,8-10H2,1-2H3. The third-order valence-corrected chi connectivity index (χ3v) is 3.98. The quantitative estimate of drug-likeness (QED) is 0.899. The molecular formula is C16H21NO3. The third-order valence-electron chi connectivity index (χ3n) is 3.98. The SMILES string of the molecule is CC1(C)Cc2occc2C(NCC(O)c2ccco2)C1. The van der Waals surface area contributed by atoms with Crippen molar-refractivity contribution in [1.29, 1.82) is 0 Å². The first-order valence-corrected chi connectivity index (χ1v) is 7.06. The molecule has 0 saturated heterocycles. The number of aliphatic hydroxyl groups is 1. The molecule has 0 saturated carbocycles. The molecule has 0 bridgehead atoms. The maximum Gasteiger partial charge on any atom is 0.133 e. The predicted octanol–water partition coefficient (Wildman–Crippen LogP) is 3.21. The molecule has 2 atom stereocenters. The van der Waals surface area contributed by atoms with Gasteiger partial charge in [-0.2, -0.15) is 0 Å². The van der Waals surface area contributed by atoms with Crippen LogP contribution < -0.4 is 5.32 Å². The maximum absolute atomic E-state index is 10.1. The summed E-state index contributed by atoms with van der Waals surface area (Å²) in [6.07, 6.45) is 4.71. The monoisotopic (exact) mass is 275 g/mol. The van der Waals surface area contributed by atoms with Crippen LogP contribution in [0, 0.1) is 5.41 Å². The Bertz CT molecular complexity index is 556. The van der Waals surface area contributed by atoms with E-state index >= 15 is 0 Å². The molecule has 0 fully saturated rings. The van der Waals surface area contributed by atoms with Gasteiger partial charge in [0.1, 0.15) is 17.6 Å². The van der Waals surface area contributed by atoms with E-state index in [1.807, 2.05) is 6.07 Å². The van der Waals surface area contributed by atoms with Gasteiger partial charge in [-0.25, -0.2) is 0 Å². The minimum Gasteiger partial charge on any atom is -0.469 e. The lowest BCUT2D eigenvalue weighted by atomic mass is 9.75. The Balaban J connectivity index is 1.69. The third kappa shape index (κ3) is 2.67. The Morgan fingerprint density at radius 2 is 2.20 bits per heavy atom. The summed E-state index contributed by atoms with van der Waals surface area (Å²) < 4.78 is 10.8. The smallest absolute Gasteiger partial charge is 0.133 e. The summed E-state index contributed by atoms with van der Waals surface area (Å²) in [4.78, 5) is 0. The van der Waals surface area contributed by atoms with Crippen LogP contribution in [0.4, 0.5) is 0 Å². The Hall–Kier alpha value is -1.52. The van der Waals surface area contributed by atoms with Crippen LogP contribution in [0.25, 0.3) is 0 Å². The Kier molecular flexibility index (Phi) is 3.44. The molecule has 2 aromatic heterocycles. The van der Waals surface area contributed by atoms with E-state index in [2.05, 4.69) is 19.2 Å². The molecule has 0 radical (unpaired) electrons. The molecule has 0 spiro atoms. The van der Waals surface area contributed by atoms with Crippen molar-refractivity contribution in [2.75, 3.05) is 6.54 Å². The Morgan fingerprint density at radius 1 is 1.35 bits per heavy atom.